The van der Waals surface area contributed by atoms with Crippen molar-refractivity contribution in [1.82, 2.24) is 9.47 Å². The molecular formula is C13H20N2O7P2. The van der Waals surface area contributed by atoms with Gasteiger partial charge in [-0.25, -0.2) is 0 Å². The molecular weight excluding hydrogens is 358 g/mol. The fourth-order valence-corrected chi connectivity index (χ4v) is 6.24. The first-order valence-corrected chi connectivity index (χ1v) is 10.9. The van der Waals surface area contributed by atoms with Gasteiger partial charge < -0.3 is 29.0 Å². The maximum Gasteiger partial charge on any atom is 0.342 e. The van der Waals surface area contributed by atoms with Gasteiger partial charge in [-0.2, -0.15) is 0 Å². The van der Waals surface area contributed by atoms with Gasteiger partial charge in [0.05, 0.1) is 0 Å². The molecule has 2 aliphatic heterocycles. The van der Waals surface area contributed by atoms with Crippen LogP contribution in [0, 0.1) is 5.92 Å². The summed E-state index contributed by atoms with van der Waals surface area (Å²) in [7, 11) is -9.86. The minimum Gasteiger partial charge on any atom is -0.324 e. The summed E-state index contributed by atoms with van der Waals surface area (Å²) < 4.78 is 24.7. The number of pyridine rings is 1. The van der Waals surface area contributed by atoms with Crippen LogP contribution in [-0.4, -0.2) is 54.1 Å². The van der Waals surface area contributed by atoms with E-state index in [1.165, 1.54) is 6.07 Å². The Bertz CT molecular complexity index is 761. The monoisotopic (exact) mass is 378 g/mol. The quantitative estimate of drug-likeness (QED) is 0.535. The lowest BCUT2D eigenvalue weighted by Crippen LogP contribution is -2.48. The number of aromatic nitrogens is 1. The molecule has 9 nitrogen and oxygen atoms in total. The Labute approximate surface area is 138 Å². The SMILES string of the molecule is O=c1cccc2n1C[C@@H]1C[C@H]2CN(CC(P(=O)(O)O)P(=O)(O)O)C1. The van der Waals surface area contributed by atoms with Gasteiger partial charge in [0.1, 0.15) is 0 Å². The molecule has 0 aliphatic carbocycles. The summed E-state index contributed by atoms with van der Waals surface area (Å²) in [5, 5.41) is -2.01. The van der Waals surface area contributed by atoms with Crippen LogP contribution in [0.4, 0.5) is 0 Å². The van der Waals surface area contributed by atoms with E-state index in [1.54, 1.807) is 15.5 Å². The van der Waals surface area contributed by atoms with Crippen LogP contribution in [-0.2, 0) is 15.7 Å². The molecule has 2 aliphatic rings. The molecule has 1 aromatic heterocycles. The Morgan fingerprint density at radius 2 is 1.75 bits per heavy atom. The van der Waals surface area contributed by atoms with Crippen LogP contribution in [0.2, 0.25) is 0 Å². The van der Waals surface area contributed by atoms with E-state index in [0.717, 1.165) is 12.1 Å². The average Bonchev–Trinajstić information content (AvgIpc) is 2.43. The van der Waals surface area contributed by atoms with Crippen LogP contribution in [0.3, 0.4) is 0 Å². The number of fused-ring (bicyclic) bond motifs is 4. The van der Waals surface area contributed by atoms with Crippen LogP contribution >= 0.6 is 15.2 Å². The molecule has 3 rings (SSSR count). The third kappa shape index (κ3) is 3.58. The topological polar surface area (TPSA) is 140 Å². The van der Waals surface area contributed by atoms with Crippen LogP contribution in [0.25, 0.3) is 0 Å². The number of hydrogen-bond donors (Lipinski definition) is 4. The predicted octanol–water partition coefficient (Wildman–Crippen LogP) is -0.0511. The van der Waals surface area contributed by atoms with Crippen LogP contribution in [0.15, 0.2) is 23.0 Å². The van der Waals surface area contributed by atoms with Crippen molar-refractivity contribution in [3.05, 3.63) is 34.2 Å². The van der Waals surface area contributed by atoms with Gasteiger partial charge in [0.2, 0.25) is 0 Å². The van der Waals surface area contributed by atoms with E-state index < -0.39 is 20.6 Å². The van der Waals surface area contributed by atoms with Crippen molar-refractivity contribution in [3.8, 4) is 0 Å². The minimum absolute atomic E-state index is 0.0144. The van der Waals surface area contributed by atoms with Gasteiger partial charge in [-0.05, 0) is 18.4 Å². The highest BCUT2D eigenvalue weighted by atomic mass is 31.2. The van der Waals surface area contributed by atoms with Gasteiger partial charge in [-0.1, -0.05) is 6.07 Å². The highest BCUT2D eigenvalue weighted by Gasteiger charge is 2.46. The maximum atomic E-state index is 12.0. The highest BCUT2D eigenvalue weighted by Crippen LogP contribution is 2.60. The van der Waals surface area contributed by atoms with Gasteiger partial charge in [0, 0.05) is 43.9 Å². The second kappa shape index (κ2) is 6.18. The molecule has 0 aromatic carbocycles. The summed E-state index contributed by atoms with van der Waals surface area (Å²) in [6, 6.07) is 5.04. The summed E-state index contributed by atoms with van der Waals surface area (Å²) in [6.45, 7) is 1.02. The van der Waals surface area contributed by atoms with Gasteiger partial charge in [-0.15, -0.1) is 0 Å². The van der Waals surface area contributed by atoms with Gasteiger partial charge in [0.25, 0.3) is 5.56 Å². The van der Waals surface area contributed by atoms with Crippen LogP contribution in [0.1, 0.15) is 18.0 Å². The molecule has 1 fully saturated rings. The largest absolute Gasteiger partial charge is 0.342 e. The van der Waals surface area contributed by atoms with E-state index in [9.17, 15) is 33.5 Å². The van der Waals surface area contributed by atoms with Crippen molar-refractivity contribution in [1.29, 1.82) is 0 Å². The first-order chi connectivity index (χ1) is 11.1. The van der Waals surface area contributed by atoms with Crippen molar-refractivity contribution in [2.75, 3.05) is 19.6 Å². The van der Waals surface area contributed by atoms with Crippen LogP contribution < -0.4 is 5.56 Å². The second-order valence-corrected chi connectivity index (χ2v) is 10.6. The molecule has 11 heteroatoms. The fraction of sp³-hybridized carbons (Fsp3) is 0.615. The fourth-order valence-electron chi connectivity index (χ4n) is 3.78. The van der Waals surface area contributed by atoms with E-state index >= 15 is 0 Å². The maximum absolute atomic E-state index is 12.0. The Morgan fingerprint density at radius 3 is 2.38 bits per heavy atom. The van der Waals surface area contributed by atoms with Crippen LogP contribution in [0.5, 0.6) is 0 Å². The summed E-state index contributed by atoms with van der Waals surface area (Å²) in [4.78, 5) is 50.8. The van der Waals surface area contributed by atoms with Crippen molar-refractivity contribution in [2.45, 2.75) is 24.3 Å². The van der Waals surface area contributed by atoms with E-state index in [4.69, 9.17) is 0 Å². The number of nitrogens with zero attached hydrogens (tertiary/aromatic N) is 2. The molecule has 0 saturated carbocycles. The molecule has 4 N–H and O–H groups in total. The zero-order valence-electron chi connectivity index (χ0n) is 12.8. The summed E-state index contributed by atoms with van der Waals surface area (Å²) in [5.41, 5.74) is 0.798. The number of hydrogen-bond acceptors (Lipinski definition) is 4. The number of rotatable bonds is 4. The zero-order chi connectivity index (χ0) is 17.7. The molecule has 24 heavy (non-hydrogen) atoms. The van der Waals surface area contributed by atoms with E-state index in [-0.39, 0.29) is 23.9 Å². The molecule has 0 unspecified atom stereocenters. The summed E-state index contributed by atoms with van der Waals surface area (Å²) in [5.74, 6) is 0.131. The molecule has 0 radical (unpaired) electrons. The zero-order valence-corrected chi connectivity index (χ0v) is 14.6. The molecule has 1 saturated heterocycles. The predicted molar refractivity (Wildman–Crippen MR) is 85.9 cm³/mol. The molecule has 2 atom stereocenters. The number of piperidine rings is 1. The summed E-state index contributed by atoms with van der Waals surface area (Å²) >= 11 is 0. The normalized spacial score (nSPS) is 24.9. The van der Waals surface area contributed by atoms with Crippen molar-refractivity contribution >= 4 is 15.2 Å². The molecule has 0 spiro atoms. The lowest BCUT2D eigenvalue weighted by Gasteiger charge is -2.43. The van der Waals surface area contributed by atoms with E-state index in [0.29, 0.717) is 19.6 Å². The second-order valence-electron chi connectivity index (χ2n) is 6.58. The van der Waals surface area contributed by atoms with E-state index in [1.807, 2.05) is 6.07 Å². The van der Waals surface area contributed by atoms with Gasteiger partial charge >= 0.3 is 15.2 Å². The average molecular weight is 378 g/mol. The molecule has 0 amide bonds. The van der Waals surface area contributed by atoms with Crippen molar-refractivity contribution in [3.63, 3.8) is 0 Å². The molecule has 1 aromatic rings. The van der Waals surface area contributed by atoms with Gasteiger partial charge in [-0.3, -0.25) is 13.9 Å². The Kier molecular flexibility index (Phi) is 4.64. The molecule has 134 valence electrons. The first-order valence-electron chi connectivity index (χ1n) is 7.58. The lowest BCUT2D eigenvalue weighted by molar-refractivity contribution is 0.120. The Hall–Kier alpha value is -0.790. The minimum atomic E-state index is -4.93. The third-order valence-corrected chi connectivity index (χ3v) is 8.44. The number of likely N-dealkylation sites (tertiary alicyclic amines) is 1. The Balaban J connectivity index is 1.83. The Morgan fingerprint density at radius 1 is 1.08 bits per heavy atom. The van der Waals surface area contributed by atoms with E-state index in [2.05, 4.69) is 0 Å². The lowest BCUT2D eigenvalue weighted by atomic mass is 9.83. The van der Waals surface area contributed by atoms with Crippen molar-refractivity contribution in [2.24, 2.45) is 5.92 Å². The van der Waals surface area contributed by atoms with Crippen molar-refractivity contribution < 1.29 is 28.7 Å². The molecule has 2 bridgehead atoms. The summed E-state index contributed by atoms with van der Waals surface area (Å²) in [6.07, 6.45) is 0.858. The third-order valence-electron chi connectivity index (χ3n) is 4.75. The highest BCUT2D eigenvalue weighted by molar-refractivity contribution is 7.70. The molecule has 3 heterocycles. The first kappa shape index (κ1) is 18.0. The van der Waals surface area contributed by atoms with Gasteiger partial charge in [0.15, 0.2) is 5.40 Å². The smallest absolute Gasteiger partial charge is 0.324 e. The standard InChI is InChI=1S/C13H20N2O7P2/c16-12-3-1-2-11-10-4-9(6-15(11)12)5-14(7-10)8-13(23(17,18)19)24(20,21)22/h1-3,9-10,13H,4-8H2,(H2,17,18,19)(H2,20,21,22)/t9-,10+/m1/s1.